The number of nitrogens with one attached hydrogen (secondary N) is 2. The average molecular weight is 285 g/mol. The Hall–Kier alpha value is -2.10. The first-order valence-electron chi connectivity index (χ1n) is 7.26. The van der Waals surface area contributed by atoms with E-state index >= 15 is 0 Å². The van der Waals surface area contributed by atoms with Gasteiger partial charge in [-0.3, -0.25) is 9.89 Å². The summed E-state index contributed by atoms with van der Waals surface area (Å²) in [5.74, 6) is 0.583. The van der Waals surface area contributed by atoms with Crippen molar-refractivity contribution in [3.05, 3.63) is 47.2 Å². The fourth-order valence-electron chi connectivity index (χ4n) is 2.11. The van der Waals surface area contributed by atoms with Gasteiger partial charge in [0.15, 0.2) is 5.82 Å². The van der Waals surface area contributed by atoms with Crippen molar-refractivity contribution >= 4 is 11.7 Å². The number of rotatable bonds is 4. The highest BCUT2D eigenvalue weighted by molar-refractivity contribution is 5.89. The Labute approximate surface area is 126 Å². The molecule has 1 heterocycles. The van der Waals surface area contributed by atoms with E-state index in [9.17, 15) is 4.79 Å². The zero-order chi connectivity index (χ0) is 15.5. The van der Waals surface area contributed by atoms with Crippen molar-refractivity contribution in [1.82, 2.24) is 10.2 Å². The van der Waals surface area contributed by atoms with Crippen LogP contribution in [0.1, 0.15) is 44.0 Å². The average Bonchev–Trinajstić information content (AvgIpc) is 2.86. The second kappa shape index (κ2) is 6.12. The smallest absolute Gasteiger partial charge is 0.225 e. The zero-order valence-corrected chi connectivity index (χ0v) is 13.2. The molecule has 0 radical (unpaired) electrons. The van der Waals surface area contributed by atoms with Crippen LogP contribution in [0.2, 0.25) is 0 Å². The molecule has 0 bridgehead atoms. The summed E-state index contributed by atoms with van der Waals surface area (Å²) < 4.78 is 0. The molecule has 4 heteroatoms. The van der Waals surface area contributed by atoms with Gasteiger partial charge < -0.3 is 5.32 Å². The molecule has 0 aliphatic rings. The zero-order valence-electron chi connectivity index (χ0n) is 13.2. The number of anilines is 1. The maximum absolute atomic E-state index is 12.0. The number of hydrogen-bond acceptors (Lipinski definition) is 2. The van der Waals surface area contributed by atoms with E-state index in [1.165, 1.54) is 11.1 Å². The van der Waals surface area contributed by atoms with Crippen LogP contribution in [-0.4, -0.2) is 16.1 Å². The summed E-state index contributed by atoms with van der Waals surface area (Å²) in [7, 11) is 0. The van der Waals surface area contributed by atoms with Crippen LogP contribution in [0.25, 0.3) is 0 Å². The van der Waals surface area contributed by atoms with Crippen molar-refractivity contribution in [2.45, 2.75) is 46.0 Å². The minimum Gasteiger partial charge on any atom is -0.309 e. The van der Waals surface area contributed by atoms with Crippen LogP contribution >= 0.6 is 0 Å². The number of benzene rings is 1. The van der Waals surface area contributed by atoms with E-state index in [1.54, 1.807) is 0 Å². The van der Waals surface area contributed by atoms with Crippen LogP contribution in [0.3, 0.4) is 0 Å². The Balaban J connectivity index is 1.90. The number of carbonyl (C=O) groups is 1. The number of nitrogens with zero attached hydrogens (tertiary/aromatic N) is 1. The highest BCUT2D eigenvalue weighted by Gasteiger charge is 2.17. The van der Waals surface area contributed by atoms with Crippen molar-refractivity contribution in [2.75, 3.05) is 5.32 Å². The molecule has 0 spiro atoms. The molecule has 21 heavy (non-hydrogen) atoms. The van der Waals surface area contributed by atoms with Crippen LogP contribution in [-0.2, 0) is 16.6 Å². The number of aryl methyl sites for hydroxylation is 2. The lowest BCUT2D eigenvalue weighted by molar-refractivity contribution is -0.116. The van der Waals surface area contributed by atoms with Gasteiger partial charge >= 0.3 is 0 Å². The monoisotopic (exact) mass is 285 g/mol. The number of H-pyrrole nitrogens is 1. The Morgan fingerprint density at radius 1 is 1.29 bits per heavy atom. The van der Waals surface area contributed by atoms with Gasteiger partial charge in [-0.15, -0.1) is 0 Å². The normalized spacial score (nSPS) is 11.4. The lowest BCUT2D eigenvalue weighted by Gasteiger charge is -2.14. The topological polar surface area (TPSA) is 57.8 Å². The van der Waals surface area contributed by atoms with Crippen LogP contribution < -0.4 is 5.32 Å². The first-order valence-corrected chi connectivity index (χ1v) is 7.26. The first-order chi connectivity index (χ1) is 9.86. The van der Waals surface area contributed by atoms with Gasteiger partial charge in [0, 0.05) is 23.6 Å². The van der Waals surface area contributed by atoms with E-state index in [4.69, 9.17) is 0 Å². The third-order valence-electron chi connectivity index (χ3n) is 3.54. The third-order valence-corrected chi connectivity index (χ3v) is 3.54. The van der Waals surface area contributed by atoms with Gasteiger partial charge in [0.1, 0.15) is 0 Å². The highest BCUT2D eigenvalue weighted by atomic mass is 16.1. The minimum atomic E-state index is -0.00906. The summed E-state index contributed by atoms with van der Waals surface area (Å²) >= 11 is 0. The minimum absolute atomic E-state index is 0.00285. The van der Waals surface area contributed by atoms with Crippen LogP contribution in [0, 0.1) is 6.92 Å². The number of amides is 1. The number of hydrogen-bond donors (Lipinski definition) is 2. The van der Waals surface area contributed by atoms with Crippen LogP contribution in [0.15, 0.2) is 30.3 Å². The number of aromatic nitrogens is 2. The van der Waals surface area contributed by atoms with Crippen molar-refractivity contribution in [1.29, 1.82) is 0 Å². The van der Waals surface area contributed by atoms with Crippen molar-refractivity contribution < 1.29 is 4.79 Å². The summed E-state index contributed by atoms with van der Waals surface area (Å²) in [5.41, 5.74) is 3.44. The molecule has 0 aliphatic heterocycles. The molecule has 0 saturated carbocycles. The molecule has 0 saturated heterocycles. The highest BCUT2D eigenvalue weighted by Crippen LogP contribution is 2.22. The third kappa shape index (κ3) is 4.18. The van der Waals surface area contributed by atoms with E-state index in [0.29, 0.717) is 12.2 Å². The van der Waals surface area contributed by atoms with Gasteiger partial charge in [0.25, 0.3) is 0 Å². The lowest BCUT2D eigenvalue weighted by Crippen LogP contribution is -2.13. The maximum atomic E-state index is 12.0. The SMILES string of the molecule is Cc1ccccc1CCC(=O)Nc1cc(C(C)(C)C)[nH]n1. The second-order valence-corrected chi connectivity index (χ2v) is 6.39. The number of carbonyl (C=O) groups excluding carboxylic acids is 1. The quantitative estimate of drug-likeness (QED) is 0.902. The molecule has 1 aromatic carbocycles. The van der Waals surface area contributed by atoms with Gasteiger partial charge in [0.05, 0.1) is 0 Å². The fraction of sp³-hybridized carbons (Fsp3) is 0.412. The largest absolute Gasteiger partial charge is 0.309 e. The fourth-order valence-corrected chi connectivity index (χ4v) is 2.11. The summed E-state index contributed by atoms with van der Waals surface area (Å²) in [4.78, 5) is 12.0. The standard InChI is InChI=1S/C17H23N3O/c1-12-7-5-6-8-13(12)9-10-16(21)18-15-11-14(19-20-15)17(2,3)4/h5-8,11H,9-10H2,1-4H3,(H2,18,19,20,21). The molecule has 0 atom stereocenters. The van der Waals surface area contributed by atoms with E-state index in [1.807, 2.05) is 18.2 Å². The molecule has 2 rings (SSSR count). The van der Waals surface area contributed by atoms with Gasteiger partial charge in [-0.05, 0) is 24.5 Å². The lowest BCUT2D eigenvalue weighted by atomic mass is 9.92. The van der Waals surface area contributed by atoms with E-state index in [-0.39, 0.29) is 11.3 Å². The molecular weight excluding hydrogens is 262 g/mol. The summed E-state index contributed by atoms with van der Waals surface area (Å²) in [5, 5.41) is 9.95. The molecule has 0 fully saturated rings. The van der Waals surface area contributed by atoms with Crippen molar-refractivity contribution in [3.8, 4) is 0 Å². The first kappa shape index (κ1) is 15.3. The molecule has 2 aromatic rings. The maximum Gasteiger partial charge on any atom is 0.225 e. The number of aromatic amines is 1. The van der Waals surface area contributed by atoms with Crippen LogP contribution in [0.4, 0.5) is 5.82 Å². The van der Waals surface area contributed by atoms with Crippen LogP contribution in [0.5, 0.6) is 0 Å². The molecule has 4 nitrogen and oxygen atoms in total. The Morgan fingerprint density at radius 3 is 2.62 bits per heavy atom. The van der Waals surface area contributed by atoms with Gasteiger partial charge in [-0.2, -0.15) is 5.10 Å². The molecule has 112 valence electrons. The molecular formula is C17H23N3O. The van der Waals surface area contributed by atoms with E-state index in [2.05, 4.69) is 55.3 Å². The molecule has 1 aromatic heterocycles. The van der Waals surface area contributed by atoms with E-state index < -0.39 is 0 Å². The van der Waals surface area contributed by atoms with Crippen molar-refractivity contribution in [3.63, 3.8) is 0 Å². The molecule has 2 N–H and O–H groups in total. The Bertz CT molecular complexity index is 623. The van der Waals surface area contributed by atoms with Gasteiger partial charge in [-0.25, -0.2) is 0 Å². The Morgan fingerprint density at radius 2 is 2.00 bits per heavy atom. The van der Waals surface area contributed by atoms with Gasteiger partial charge in [-0.1, -0.05) is 45.0 Å². The van der Waals surface area contributed by atoms with E-state index in [0.717, 1.165) is 12.1 Å². The predicted octanol–water partition coefficient (Wildman–Crippen LogP) is 3.59. The molecule has 1 amide bonds. The summed E-state index contributed by atoms with van der Waals surface area (Å²) in [6.45, 7) is 8.37. The Kier molecular flexibility index (Phi) is 4.46. The summed E-state index contributed by atoms with van der Waals surface area (Å²) in [6.07, 6.45) is 1.21. The van der Waals surface area contributed by atoms with Gasteiger partial charge in [0.2, 0.25) is 5.91 Å². The molecule has 0 aliphatic carbocycles. The molecule has 0 unspecified atom stereocenters. The predicted molar refractivity (Wildman–Crippen MR) is 85.4 cm³/mol. The summed E-state index contributed by atoms with van der Waals surface area (Å²) in [6, 6.07) is 10.0. The van der Waals surface area contributed by atoms with Crippen molar-refractivity contribution in [2.24, 2.45) is 0 Å². The second-order valence-electron chi connectivity index (χ2n) is 6.39.